The Hall–Kier alpha value is 0.0400. The van der Waals surface area contributed by atoms with Crippen LogP contribution >= 0.6 is 47.2 Å². The SMILES string of the molecule is S=C1SCCCN1Cc1ccc(Cl)c(Cl)c1. The van der Waals surface area contributed by atoms with E-state index in [1.165, 1.54) is 6.42 Å². The van der Waals surface area contributed by atoms with Crippen molar-refractivity contribution >= 4 is 51.5 Å². The van der Waals surface area contributed by atoms with Crippen molar-refractivity contribution < 1.29 is 0 Å². The minimum atomic E-state index is 0.598. The molecular formula is C11H11Cl2NS2. The molecule has 5 heteroatoms. The standard InChI is InChI=1S/C11H11Cl2NS2/c12-9-3-2-8(6-10(9)13)7-14-4-1-5-16-11(14)15/h2-3,6H,1,4-5,7H2. The molecule has 1 aliphatic heterocycles. The van der Waals surface area contributed by atoms with Gasteiger partial charge in [0.1, 0.15) is 4.32 Å². The summed E-state index contributed by atoms with van der Waals surface area (Å²) in [6.07, 6.45) is 1.19. The second kappa shape index (κ2) is 5.58. The Morgan fingerprint density at radius 3 is 2.81 bits per heavy atom. The first kappa shape index (κ1) is 12.5. The summed E-state index contributed by atoms with van der Waals surface area (Å²) < 4.78 is 0.984. The first-order valence-electron chi connectivity index (χ1n) is 5.02. The molecule has 0 spiro atoms. The number of thioether (sulfide) groups is 1. The second-order valence-electron chi connectivity index (χ2n) is 3.64. The van der Waals surface area contributed by atoms with E-state index in [1.54, 1.807) is 11.8 Å². The van der Waals surface area contributed by atoms with Gasteiger partial charge in [-0.3, -0.25) is 0 Å². The van der Waals surface area contributed by atoms with Crippen molar-refractivity contribution in [3.05, 3.63) is 33.8 Å². The van der Waals surface area contributed by atoms with E-state index in [1.807, 2.05) is 18.2 Å². The molecule has 0 unspecified atom stereocenters. The summed E-state index contributed by atoms with van der Waals surface area (Å²) >= 11 is 18.9. The van der Waals surface area contributed by atoms with Gasteiger partial charge in [-0.15, -0.1) is 0 Å². The molecule has 2 rings (SSSR count). The molecule has 0 radical (unpaired) electrons. The normalized spacial score (nSPS) is 16.6. The van der Waals surface area contributed by atoms with Crippen molar-refractivity contribution in [1.82, 2.24) is 4.90 Å². The van der Waals surface area contributed by atoms with Gasteiger partial charge in [0.05, 0.1) is 10.0 Å². The average Bonchev–Trinajstić information content (AvgIpc) is 2.27. The fourth-order valence-corrected chi connectivity index (χ4v) is 3.11. The third-order valence-corrected chi connectivity index (χ3v) is 4.76. The minimum absolute atomic E-state index is 0.598. The van der Waals surface area contributed by atoms with Crippen LogP contribution in [-0.4, -0.2) is 21.5 Å². The van der Waals surface area contributed by atoms with Gasteiger partial charge in [-0.25, -0.2) is 0 Å². The van der Waals surface area contributed by atoms with Crippen molar-refractivity contribution in [3.8, 4) is 0 Å². The van der Waals surface area contributed by atoms with Crippen LogP contribution in [0.2, 0.25) is 10.0 Å². The highest BCUT2D eigenvalue weighted by Gasteiger charge is 2.15. The summed E-state index contributed by atoms with van der Waals surface area (Å²) in [5, 5.41) is 1.20. The Balaban J connectivity index is 2.08. The Bertz CT molecular complexity index is 409. The third-order valence-electron chi connectivity index (χ3n) is 2.41. The number of rotatable bonds is 2. The second-order valence-corrected chi connectivity index (χ2v) is 6.18. The molecule has 1 heterocycles. The topological polar surface area (TPSA) is 3.24 Å². The molecule has 0 aromatic heterocycles. The van der Waals surface area contributed by atoms with Crippen LogP contribution in [-0.2, 0) is 6.54 Å². The molecule has 0 saturated carbocycles. The highest BCUT2D eigenvalue weighted by Crippen LogP contribution is 2.25. The van der Waals surface area contributed by atoms with Gasteiger partial charge in [-0.05, 0) is 24.1 Å². The molecule has 1 aliphatic rings. The van der Waals surface area contributed by atoms with E-state index in [0.717, 1.165) is 28.7 Å². The van der Waals surface area contributed by atoms with E-state index in [9.17, 15) is 0 Å². The Labute approximate surface area is 115 Å². The smallest absolute Gasteiger partial charge is 0.136 e. The molecule has 1 aromatic carbocycles. The minimum Gasteiger partial charge on any atom is -0.353 e. The quantitative estimate of drug-likeness (QED) is 0.751. The van der Waals surface area contributed by atoms with Crippen LogP contribution in [0.4, 0.5) is 0 Å². The predicted octanol–water partition coefficient (Wildman–Crippen LogP) is 4.22. The molecule has 0 bridgehead atoms. The van der Waals surface area contributed by atoms with Crippen molar-refractivity contribution in [2.75, 3.05) is 12.3 Å². The number of halogens is 2. The lowest BCUT2D eigenvalue weighted by Crippen LogP contribution is -2.32. The molecule has 0 atom stereocenters. The molecule has 0 N–H and O–H groups in total. The number of thiocarbonyl (C=S) groups is 1. The van der Waals surface area contributed by atoms with Crippen LogP contribution in [0.1, 0.15) is 12.0 Å². The number of hydrogen-bond acceptors (Lipinski definition) is 2. The lowest BCUT2D eigenvalue weighted by molar-refractivity contribution is 0.422. The lowest BCUT2D eigenvalue weighted by Gasteiger charge is -2.28. The molecule has 0 amide bonds. The highest BCUT2D eigenvalue weighted by atomic mass is 35.5. The van der Waals surface area contributed by atoms with Gasteiger partial charge in [-0.1, -0.05) is 53.2 Å². The summed E-state index contributed by atoms with van der Waals surface area (Å²) in [5.74, 6) is 1.14. The van der Waals surface area contributed by atoms with Gasteiger partial charge in [-0.2, -0.15) is 0 Å². The summed E-state index contributed by atoms with van der Waals surface area (Å²) in [5.41, 5.74) is 1.15. The van der Waals surface area contributed by atoms with Crippen molar-refractivity contribution in [3.63, 3.8) is 0 Å². The van der Waals surface area contributed by atoms with Crippen LogP contribution in [0.3, 0.4) is 0 Å². The zero-order valence-electron chi connectivity index (χ0n) is 8.58. The number of benzene rings is 1. The average molecular weight is 292 g/mol. The molecular weight excluding hydrogens is 281 g/mol. The molecule has 1 nitrogen and oxygen atoms in total. The summed E-state index contributed by atoms with van der Waals surface area (Å²) in [4.78, 5) is 2.21. The largest absolute Gasteiger partial charge is 0.353 e. The zero-order valence-corrected chi connectivity index (χ0v) is 11.7. The van der Waals surface area contributed by atoms with Gasteiger partial charge in [0.2, 0.25) is 0 Å². The maximum Gasteiger partial charge on any atom is 0.136 e. The Morgan fingerprint density at radius 1 is 1.31 bits per heavy atom. The van der Waals surface area contributed by atoms with E-state index in [-0.39, 0.29) is 0 Å². The number of nitrogens with zero attached hydrogens (tertiary/aromatic N) is 1. The predicted molar refractivity (Wildman–Crippen MR) is 76.5 cm³/mol. The van der Waals surface area contributed by atoms with Gasteiger partial charge in [0.25, 0.3) is 0 Å². The fraction of sp³-hybridized carbons (Fsp3) is 0.364. The lowest BCUT2D eigenvalue weighted by atomic mass is 10.2. The van der Waals surface area contributed by atoms with E-state index < -0.39 is 0 Å². The highest BCUT2D eigenvalue weighted by molar-refractivity contribution is 8.22. The zero-order chi connectivity index (χ0) is 11.5. The molecule has 16 heavy (non-hydrogen) atoms. The van der Waals surface area contributed by atoms with Crippen molar-refractivity contribution in [2.45, 2.75) is 13.0 Å². The van der Waals surface area contributed by atoms with Crippen LogP contribution < -0.4 is 0 Å². The van der Waals surface area contributed by atoms with Crippen molar-refractivity contribution in [2.24, 2.45) is 0 Å². The van der Waals surface area contributed by atoms with Gasteiger partial charge in [0, 0.05) is 18.8 Å². The third kappa shape index (κ3) is 3.04. The van der Waals surface area contributed by atoms with E-state index in [0.29, 0.717) is 10.0 Å². The van der Waals surface area contributed by atoms with Gasteiger partial charge < -0.3 is 4.90 Å². The van der Waals surface area contributed by atoms with Crippen LogP contribution in [0.25, 0.3) is 0 Å². The molecule has 1 fully saturated rings. The molecule has 86 valence electrons. The van der Waals surface area contributed by atoms with Crippen LogP contribution in [0, 0.1) is 0 Å². The van der Waals surface area contributed by atoms with E-state index in [4.69, 9.17) is 35.4 Å². The summed E-state index contributed by atoms with van der Waals surface area (Å²) in [6, 6.07) is 5.74. The Morgan fingerprint density at radius 2 is 2.12 bits per heavy atom. The first-order chi connectivity index (χ1) is 7.66. The fourth-order valence-electron chi connectivity index (χ4n) is 1.60. The molecule has 1 saturated heterocycles. The summed E-state index contributed by atoms with van der Waals surface area (Å²) in [6.45, 7) is 1.86. The molecule has 0 aliphatic carbocycles. The molecule has 1 aromatic rings. The van der Waals surface area contributed by atoms with Gasteiger partial charge >= 0.3 is 0 Å². The van der Waals surface area contributed by atoms with E-state index in [2.05, 4.69) is 4.90 Å². The maximum atomic E-state index is 5.98. The van der Waals surface area contributed by atoms with Crippen molar-refractivity contribution in [1.29, 1.82) is 0 Å². The summed E-state index contributed by atoms with van der Waals surface area (Å²) in [7, 11) is 0. The van der Waals surface area contributed by atoms with Gasteiger partial charge in [0.15, 0.2) is 0 Å². The monoisotopic (exact) mass is 291 g/mol. The van der Waals surface area contributed by atoms with E-state index >= 15 is 0 Å². The first-order valence-corrected chi connectivity index (χ1v) is 7.17. The number of hydrogen-bond donors (Lipinski definition) is 0. The van der Waals surface area contributed by atoms with Crippen LogP contribution in [0.15, 0.2) is 18.2 Å². The van der Waals surface area contributed by atoms with Crippen LogP contribution in [0.5, 0.6) is 0 Å². The maximum absolute atomic E-state index is 5.98. The Kier molecular flexibility index (Phi) is 4.36.